The quantitative estimate of drug-likeness (QED) is 0.900. The summed E-state index contributed by atoms with van der Waals surface area (Å²) in [6.07, 6.45) is -0.249. The van der Waals surface area contributed by atoms with Crippen molar-refractivity contribution in [3.05, 3.63) is 29.3 Å². The number of benzene rings is 1. The van der Waals surface area contributed by atoms with Gasteiger partial charge in [0.15, 0.2) is 0 Å². The van der Waals surface area contributed by atoms with Crippen LogP contribution >= 0.6 is 23.4 Å². The van der Waals surface area contributed by atoms with Crippen molar-refractivity contribution in [1.29, 1.82) is 0 Å². The van der Waals surface area contributed by atoms with Crippen LogP contribution in [-0.2, 0) is 0 Å². The summed E-state index contributed by atoms with van der Waals surface area (Å²) in [5, 5.41) is 10.9. The lowest BCUT2D eigenvalue weighted by Crippen LogP contribution is -2.21. The van der Waals surface area contributed by atoms with Crippen LogP contribution in [0.5, 0.6) is 0 Å². The minimum absolute atomic E-state index is 0.236. The third kappa shape index (κ3) is 2.72. The topological polar surface area (TPSA) is 23.5 Å². The molecule has 0 spiro atoms. The Morgan fingerprint density at radius 2 is 2.19 bits per heavy atom. The standard InChI is InChI=1S/C12H16ClNOS/c1-2-14-7-10(15)12(8-14)16-11-6-4-3-5-9(11)13/h3-6,10,12,15H,2,7-8H2,1H3/t10-,12-/m1/s1. The summed E-state index contributed by atoms with van der Waals surface area (Å²) in [5.74, 6) is 0. The number of likely N-dealkylation sites (tertiary alicyclic amines) is 1. The van der Waals surface area contributed by atoms with Crippen molar-refractivity contribution >= 4 is 23.4 Å². The van der Waals surface area contributed by atoms with E-state index in [1.807, 2.05) is 24.3 Å². The Morgan fingerprint density at radius 1 is 1.44 bits per heavy atom. The summed E-state index contributed by atoms with van der Waals surface area (Å²) in [5.41, 5.74) is 0. The van der Waals surface area contributed by atoms with E-state index < -0.39 is 0 Å². The van der Waals surface area contributed by atoms with Crippen LogP contribution in [0.2, 0.25) is 5.02 Å². The van der Waals surface area contributed by atoms with Crippen LogP contribution in [-0.4, -0.2) is 41.0 Å². The van der Waals surface area contributed by atoms with Crippen LogP contribution in [0.25, 0.3) is 0 Å². The average Bonchev–Trinajstić information content (AvgIpc) is 2.63. The molecule has 0 bridgehead atoms. The smallest absolute Gasteiger partial charge is 0.0801 e. The predicted molar refractivity (Wildman–Crippen MR) is 69.2 cm³/mol. The maximum Gasteiger partial charge on any atom is 0.0801 e. The van der Waals surface area contributed by atoms with Crippen molar-refractivity contribution < 1.29 is 5.11 Å². The van der Waals surface area contributed by atoms with Crippen molar-refractivity contribution in [3.8, 4) is 0 Å². The van der Waals surface area contributed by atoms with Crippen LogP contribution < -0.4 is 0 Å². The number of rotatable bonds is 3. The summed E-state index contributed by atoms with van der Waals surface area (Å²) >= 11 is 7.79. The minimum Gasteiger partial charge on any atom is -0.391 e. The lowest BCUT2D eigenvalue weighted by Gasteiger charge is -2.14. The van der Waals surface area contributed by atoms with Gasteiger partial charge in [0.25, 0.3) is 0 Å². The summed E-state index contributed by atoms with van der Waals surface area (Å²) in [7, 11) is 0. The highest BCUT2D eigenvalue weighted by atomic mass is 35.5. The van der Waals surface area contributed by atoms with E-state index in [0.717, 1.165) is 29.6 Å². The maximum atomic E-state index is 9.94. The highest BCUT2D eigenvalue weighted by Gasteiger charge is 2.31. The van der Waals surface area contributed by atoms with Gasteiger partial charge in [0.2, 0.25) is 0 Å². The highest BCUT2D eigenvalue weighted by Crippen LogP contribution is 2.34. The van der Waals surface area contributed by atoms with Gasteiger partial charge in [0, 0.05) is 23.2 Å². The molecule has 2 atom stereocenters. The zero-order valence-corrected chi connectivity index (χ0v) is 10.8. The lowest BCUT2D eigenvalue weighted by atomic mass is 10.3. The van der Waals surface area contributed by atoms with Crippen molar-refractivity contribution in [2.75, 3.05) is 19.6 Å². The van der Waals surface area contributed by atoms with Crippen LogP contribution in [0.15, 0.2) is 29.2 Å². The Balaban J connectivity index is 2.03. The van der Waals surface area contributed by atoms with E-state index in [2.05, 4.69) is 11.8 Å². The Labute approximate surface area is 106 Å². The van der Waals surface area contributed by atoms with E-state index in [9.17, 15) is 5.11 Å². The Kier molecular flexibility index (Phi) is 4.14. The molecule has 1 N–H and O–H groups in total. The van der Waals surface area contributed by atoms with E-state index in [0.29, 0.717) is 0 Å². The number of nitrogens with zero attached hydrogens (tertiary/aromatic N) is 1. The van der Waals surface area contributed by atoms with E-state index >= 15 is 0 Å². The molecular formula is C12H16ClNOS. The van der Waals surface area contributed by atoms with Crippen LogP contribution in [0.3, 0.4) is 0 Å². The molecule has 2 rings (SSSR count). The summed E-state index contributed by atoms with van der Waals surface area (Å²) in [6.45, 7) is 4.83. The molecular weight excluding hydrogens is 242 g/mol. The Morgan fingerprint density at radius 3 is 2.81 bits per heavy atom. The second-order valence-corrected chi connectivity index (χ2v) is 5.69. The van der Waals surface area contributed by atoms with Crippen molar-refractivity contribution in [3.63, 3.8) is 0 Å². The molecule has 0 aromatic heterocycles. The molecule has 1 saturated heterocycles. The molecule has 16 heavy (non-hydrogen) atoms. The van der Waals surface area contributed by atoms with Crippen molar-refractivity contribution in [2.45, 2.75) is 23.2 Å². The molecule has 4 heteroatoms. The molecule has 0 amide bonds. The molecule has 1 aliphatic rings. The number of hydrogen-bond donors (Lipinski definition) is 1. The number of aliphatic hydroxyl groups is 1. The highest BCUT2D eigenvalue weighted by molar-refractivity contribution is 8.00. The SMILES string of the molecule is CCN1C[C@@H](O)[C@H](Sc2ccccc2Cl)C1. The first-order valence-electron chi connectivity index (χ1n) is 5.52. The molecule has 1 aliphatic heterocycles. The number of β-amino-alcohol motifs (C(OH)–C–C–N with tert-alkyl or cyclic N) is 1. The molecule has 88 valence electrons. The van der Waals surface area contributed by atoms with Crippen LogP contribution in [0.4, 0.5) is 0 Å². The molecule has 2 nitrogen and oxygen atoms in total. The summed E-state index contributed by atoms with van der Waals surface area (Å²) < 4.78 is 0. The molecule has 1 aromatic rings. The molecule has 1 heterocycles. The van der Waals surface area contributed by atoms with E-state index in [4.69, 9.17) is 11.6 Å². The Hall–Kier alpha value is -0.220. The molecule has 0 aliphatic carbocycles. The fourth-order valence-corrected chi connectivity index (χ4v) is 3.37. The molecule has 1 aromatic carbocycles. The fraction of sp³-hybridized carbons (Fsp3) is 0.500. The van der Waals surface area contributed by atoms with Crippen molar-refractivity contribution in [2.24, 2.45) is 0 Å². The molecule has 0 radical (unpaired) electrons. The normalized spacial score (nSPS) is 26.2. The minimum atomic E-state index is -0.249. The van der Waals surface area contributed by atoms with Gasteiger partial charge in [-0.25, -0.2) is 0 Å². The molecule has 0 unspecified atom stereocenters. The summed E-state index contributed by atoms with van der Waals surface area (Å²) in [6, 6.07) is 7.81. The van der Waals surface area contributed by atoms with Gasteiger partial charge in [0.05, 0.1) is 11.1 Å². The zero-order chi connectivity index (χ0) is 11.5. The van der Waals surface area contributed by atoms with Gasteiger partial charge in [-0.15, -0.1) is 11.8 Å². The van der Waals surface area contributed by atoms with E-state index in [1.165, 1.54) is 0 Å². The van der Waals surface area contributed by atoms with Gasteiger partial charge in [-0.05, 0) is 18.7 Å². The second kappa shape index (κ2) is 5.41. The number of thioether (sulfide) groups is 1. The number of aliphatic hydroxyl groups excluding tert-OH is 1. The number of halogens is 1. The number of likely N-dealkylation sites (N-methyl/N-ethyl adjacent to an activating group) is 1. The van der Waals surface area contributed by atoms with E-state index in [-0.39, 0.29) is 11.4 Å². The van der Waals surface area contributed by atoms with Gasteiger partial charge >= 0.3 is 0 Å². The van der Waals surface area contributed by atoms with Gasteiger partial charge < -0.3 is 5.11 Å². The first-order valence-corrected chi connectivity index (χ1v) is 6.78. The fourth-order valence-electron chi connectivity index (χ4n) is 1.91. The Bertz CT molecular complexity index is 361. The second-order valence-electron chi connectivity index (χ2n) is 4.01. The lowest BCUT2D eigenvalue weighted by molar-refractivity contribution is 0.181. The van der Waals surface area contributed by atoms with E-state index in [1.54, 1.807) is 11.8 Å². The van der Waals surface area contributed by atoms with Gasteiger partial charge in [-0.1, -0.05) is 30.7 Å². The van der Waals surface area contributed by atoms with Gasteiger partial charge in [-0.3, -0.25) is 4.90 Å². The number of hydrogen-bond acceptors (Lipinski definition) is 3. The van der Waals surface area contributed by atoms with Gasteiger partial charge in [-0.2, -0.15) is 0 Å². The maximum absolute atomic E-state index is 9.94. The molecule has 1 fully saturated rings. The first kappa shape index (κ1) is 12.2. The molecule has 0 saturated carbocycles. The zero-order valence-electron chi connectivity index (χ0n) is 9.27. The largest absolute Gasteiger partial charge is 0.391 e. The average molecular weight is 258 g/mol. The van der Waals surface area contributed by atoms with Crippen LogP contribution in [0, 0.1) is 0 Å². The van der Waals surface area contributed by atoms with Gasteiger partial charge in [0.1, 0.15) is 0 Å². The van der Waals surface area contributed by atoms with Crippen molar-refractivity contribution in [1.82, 2.24) is 4.90 Å². The monoisotopic (exact) mass is 257 g/mol. The third-order valence-electron chi connectivity index (χ3n) is 2.87. The third-order valence-corrected chi connectivity index (χ3v) is 4.69. The van der Waals surface area contributed by atoms with Crippen LogP contribution in [0.1, 0.15) is 6.92 Å². The summed E-state index contributed by atoms with van der Waals surface area (Å²) in [4.78, 5) is 3.32. The predicted octanol–water partition coefficient (Wildman–Crippen LogP) is 2.50. The first-order chi connectivity index (χ1) is 7.70.